The molecule has 0 fully saturated rings. The zero-order valence-electron chi connectivity index (χ0n) is 12.8. The lowest BCUT2D eigenvalue weighted by molar-refractivity contribution is 0.392. The molecule has 126 valence electrons. The summed E-state index contributed by atoms with van der Waals surface area (Å²) < 4.78 is 42.8. The first kappa shape index (κ1) is 15.9. The summed E-state index contributed by atoms with van der Waals surface area (Å²) in [5, 5.41) is 0. The maximum absolute atomic E-state index is 12.6. The predicted molar refractivity (Wildman–Crippen MR) is 87.2 cm³/mol. The van der Waals surface area contributed by atoms with Gasteiger partial charge in [-0.15, -0.1) is 0 Å². The van der Waals surface area contributed by atoms with Crippen LogP contribution in [0.4, 0.5) is 5.69 Å². The van der Waals surface area contributed by atoms with Crippen LogP contribution >= 0.6 is 0 Å². The summed E-state index contributed by atoms with van der Waals surface area (Å²) >= 11 is 0. The smallest absolute Gasteiger partial charge is 0.417 e. The van der Waals surface area contributed by atoms with Crippen molar-refractivity contribution in [3.8, 4) is 11.5 Å². The normalized spacial score (nSPS) is 11.4. The van der Waals surface area contributed by atoms with E-state index in [-0.39, 0.29) is 21.9 Å². The number of oxazole rings is 1. The minimum absolute atomic E-state index is 0.0695. The minimum atomic E-state index is -3.94. The number of aromatic amines is 1. The average molecular weight is 350 g/mol. The highest BCUT2D eigenvalue weighted by Gasteiger charge is 2.21. The first-order chi connectivity index (χ1) is 11.4. The molecule has 0 atom stereocenters. The van der Waals surface area contributed by atoms with E-state index in [2.05, 4.69) is 9.71 Å². The second kappa shape index (κ2) is 5.93. The SMILES string of the molecule is COc1ccc(OC)c(S(=O)(=O)Nc2ccc3[nH]c(=O)oc3c2)c1. The van der Waals surface area contributed by atoms with Crippen LogP contribution in [-0.4, -0.2) is 27.6 Å². The fourth-order valence-electron chi connectivity index (χ4n) is 2.21. The molecule has 0 spiro atoms. The summed E-state index contributed by atoms with van der Waals surface area (Å²) in [6, 6.07) is 8.92. The van der Waals surface area contributed by atoms with Crippen LogP contribution < -0.4 is 20.0 Å². The van der Waals surface area contributed by atoms with E-state index in [0.29, 0.717) is 11.3 Å². The average Bonchev–Trinajstić information content (AvgIpc) is 2.93. The topological polar surface area (TPSA) is 111 Å². The van der Waals surface area contributed by atoms with Gasteiger partial charge in [0.05, 0.1) is 25.4 Å². The molecule has 1 aromatic heterocycles. The van der Waals surface area contributed by atoms with Gasteiger partial charge in [0, 0.05) is 12.1 Å². The van der Waals surface area contributed by atoms with Crippen LogP contribution in [0, 0.1) is 0 Å². The summed E-state index contributed by atoms with van der Waals surface area (Å²) in [5.41, 5.74) is 0.967. The number of H-pyrrole nitrogens is 1. The number of anilines is 1. The van der Waals surface area contributed by atoms with Gasteiger partial charge in [-0.2, -0.15) is 0 Å². The Hall–Kier alpha value is -2.94. The first-order valence-corrected chi connectivity index (χ1v) is 8.29. The zero-order chi connectivity index (χ0) is 17.3. The number of nitrogens with one attached hydrogen (secondary N) is 2. The summed E-state index contributed by atoms with van der Waals surface area (Å²) in [6.07, 6.45) is 0. The van der Waals surface area contributed by atoms with Crippen LogP contribution in [0.2, 0.25) is 0 Å². The molecule has 0 aliphatic heterocycles. The molecule has 0 aliphatic rings. The number of benzene rings is 2. The highest BCUT2D eigenvalue weighted by atomic mass is 32.2. The van der Waals surface area contributed by atoms with E-state index in [1.807, 2.05) is 0 Å². The zero-order valence-corrected chi connectivity index (χ0v) is 13.6. The first-order valence-electron chi connectivity index (χ1n) is 6.80. The Labute approximate surface area is 137 Å². The van der Waals surface area contributed by atoms with Gasteiger partial charge in [0.25, 0.3) is 10.0 Å². The van der Waals surface area contributed by atoms with Crippen molar-refractivity contribution in [2.24, 2.45) is 0 Å². The second-order valence-corrected chi connectivity index (χ2v) is 6.50. The highest BCUT2D eigenvalue weighted by molar-refractivity contribution is 7.92. The number of rotatable bonds is 5. The number of fused-ring (bicyclic) bond motifs is 1. The van der Waals surface area contributed by atoms with E-state index in [0.717, 1.165) is 0 Å². The molecule has 0 unspecified atom stereocenters. The molecule has 9 heteroatoms. The number of methoxy groups -OCH3 is 2. The molecule has 3 aromatic rings. The van der Waals surface area contributed by atoms with Crippen LogP contribution in [0.1, 0.15) is 0 Å². The molecule has 24 heavy (non-hydrogen) atoms. The minimum Gasteiger partial charge on any atom is -0.497 e. The fourth-order valence-corrected chi connectivity index (χ4v) is 3.45. The van der Waals surface area contributed by atoms with Crippen molar-refractivity contribution in [3.63, 3.8) is 0 Å². The van der Waals surface area contributed by atoms with Gasteiger partial charge in [0.1, 0.15) is 16.4 Å². The summed E-state index contributed by atoms with van der Waals surface area (Å²) in [6.45, 7) is 0. The predicted octanol–water partition coefficient (Wildman–Crippen LogP) is 1.94. The Balaban J connectivity index is 2.02. The molecule has 0 saturated carbocycles. The van der Waals surface area contributed by atoms with E-state index in [1.54, 1.807) is 12.1 Å². The lowest BCUT2D eigenvalue weighted by Crippen LogP contribution is -2.14. The summed E-state index contributed by atoms with van der Waals surface area (Å²) in [5.74, 6) is -0.0553. The van der Waals surface area contributed by atoms with Crippen molar-refractivity contribution in [2.45, 2.75) is 4.90 Å². The second-order valence-electron chi connectivity index (χ2n) is 4.85. The van der Waals surface area contributed by atoms with Crippen molar-refractivity contribution >= 4 is 26.8 Å². The van der Waals surface area contributed by atoms with E-state index in [4.69, 9.17) is 13.9 Å². The van der Waals surface area contributed by atoms with Crippen molar-refractivity contribution < 1.29 is 22.3 Å². The Kier molecular flexibility index (Phi) is 3.94. The molecule has 0 aliphatic carbocycles. The van der Waals surface area contributed by atoms with Gasteiger partial charge in [0.15, 0.2) is 5.58 Å². The molecule has 0 bridgehead atoms. The van der Waals surface area contributed by atoms with Crippen LogP contribution in [-0.2, 0) is 10.0 Å². The number of hydrogen-bond acceptors (Lipinski definition) is 6. The van der Waals surface area contributed by atoms with Crippen molar-refractivity contribution in [2.75, 3.05) is 18.9 Å². The quantitative estimate of drug-likeness (QED) is 0.727. The molecule has 1 heterocycles. The number of aromatic nitrogens is 1. The van der Waals surface area contributed by atoms with Gasteiger partial charge < -0.3 is 13.9 Å². The Morgan fingerprint density at radius 1 is 1.08 bits per heavy atom. The van der Waals surface area contributed by atoms with Crippen LogP contribution in [0.3, 0.4) is 0 Å². The lowest BCUT2D eigenvalue weighted by atomic mass is 10.3. The highest BCUT2D eigenvalue weighted by Crippen LogP contribution is 2.30. The summed E-state index contributed by atoms with van der Waals surface area (Å²) in [4.78, 5) is 13.6. The molecule has 2 aromatic carbocycles. The molecule has 3 rings (SSSR count). The third kappa shape index (κ3) is 2.93. The standard InChI is InChI=1S/C15H14N2O6S/c1-21-10-4-6-12(22-2)14(8-10)24(19,20)17-9-3-5-11-13(7-9)23-15(18)16-11/h3-8,17H,1-2H3,(H,16,18). The van der Waals surface area contributed by atoms with E-state index in [1.165, 1.54) is 38.5 Å². The van der Waals surface area contributed by atoms with Gasteiger partial charge in [0.2, 0.25) is 0 Å². The number of hydrogen-bond donors (Lipinski definition) is 2. The van der Waals surface area contributed by atoms with Gasteiger partial charge >= 0.3 is 5.76 Å². The maximum Gasteiger partial charge on any atom is 0.417 e. The molecule has 8 nitrogen and oxygen atoms in total. The Bertz CT molecular complexity index is 1050. The molecule has 0 saturated heterocycles. The summed E-state index contributed by atoms with van der Waals surface area (Å²) in [7, 11) is -1.12. The van der Waals surface area contributed by atoms with Gasteiger partial charge in [-0.1, -0.05) is 0 Å². The van der Waals surface area contributed by atoms with Gasteiger partial charge in [-0.3, -0.25) is 9.71 Å². The van der Waals surface area contributed by atoms with Crippen LogP contribution in [0.25, 0.3) is 11.1 Å². The largest absolute Gasteiger partial charge is 0.497 e. The van der Waals surface area contributed by atoms with Gasteiger partial charge in [-0.25, -0.2) is 13.2 Å². The molecule has 0 amide bonds. The van der Waals surface area contributed by atoms with Crippen LogP contribution in [0.5, 0.6) is 11.5 Å². The van der Waals surface area contributed by atoms with Crippen molar-refractivity contribution in [1.29, 1.82) is 0 Å². The Morgan fingerprint density at radius 2 is 1.88 bits per heavy atom. The monoisotopic (exact) mass is 350 g/mol. The number of ether oxygens (including phenoxy) is 2. The van der Waals surface area contributed by atoms with E-state index >= 15 is 0 Å². The van der Waals surface area contributed by atoms with Crippen molar-refractivity contribution in [3.05, 3.63) is 46.9 Å². The molecular formula is C15H14N2O6S. The molecular weight excluding hydrogens is 336 g/mol. The third-order valence-electron chi connectivity index (χ3n) is 3.33. The van der Waals surface area contributed by atoms with E-state index in [9.17, 15) is 13.2 Å². The van der Waals surface area contributed by atoms with Gasteiger partial charge in [-0.05, 0) is 24.3 Å². The third-order valence-corrected chi connectivity index (χ3v) is 4.74. The van der Waals surface area contributed by atoms with Crippen LogP contribution in [0.15, 0.2) is 50.5 Å². The van der Waals surface area contributed by atoms with E-state index < -0.39 is 15.8 Å². The molecule has 2 N–H and O–H groups in total. The lowest BCUT2D eigenvalue weighted by Gasteiger charge is -2.12. The van der Waals surface area contributed by atoms with Crippen molar-refractivity contribution in [1.82, 2.24) is 4.98 Å². The Morgan fingerprint density at radius 3 is 2.58 bits per heavy atom. The maximum atomic E-state index is 12.6. The number of sulfonamides is 1. The fraction of sp³-hybridized carbons (Fsp3) is 0.133. The molecule has 0 radical (unpaired) electrons.